The van der Waals surface area contributed by atoms with Crippen molar-refractivity contribution >= 4 is 22.5 Å². The van der Waals surface area contributed by atoms with Crippen molar-refractivity contribution in [1.29, 1.82) is 0 Å². The van der Waals surface area contributed by atoms with Crippen LogP contribution in [0.15, 0.2) is 64.8 Å². The van der Waals surface area contributed by atoms with Crippen LogP contribution in [-0.4, -0.2) is 22.1 Å². The Balaban J connectivity index is 1.80. The first kappa shape index (κ1) is 16.7. The average Bonchev–Trinajstić information content (AvgIpc) is 2.95. The number of aromatic hydroxyl groups is 1. The zero-order valence-electron chi connectivity index (χ0n) is 13.8. The second-order valence-corrected chi connectivity index (χ2v) is 5.61. The van der Waals surface area contributed by atoms with E-state index in [4.69, 9.17) is 4.74 Å². The van der Waals surface area contributed by atoms with Gasteiger partial charge in [-0.2, -0.15) is 0 Å². The van der Waals surface area contributed by atoms with Gasteiger partial charge in [-0.05, 0) is 24.6 Å². The molecule has 6 nitrogen and oxygen atoms in total. The fraction of sp³-hybridized carbons (Fsp3) is 0.211. The summed E-state index contributed by atoms with van der Waals surface area (Å²) in [5.74, 6) is 0.0172. The van der Waals surface area contributed by atoms with E-state index >= 15 is 0 Å². The minimum absolute atomic E-state index is 0.117. The van der Waals surface area contributed by atoms with Gasteiger partial charge in [0.2, 0.25) is 5.88 Å². The number of para-hydroxylation sites is 2. The first-order chi connectivity index (χ1) is 12.2. The number of aromatic nitrogens is 1. The van der Waals surface area contributed by atoms with Gasteiger partial charge in [0, 0.05) is 5.39 Å². The first-order valence-electron chi connectivity index (χ1n) is 8.16. The highest BCUT2D eigenvalue weighted by Crippen LogP contribution is 2.35. The molecule has 1 aromatic heterocycles. The quantitative estimate of drug-likeness (QED) is 0.637. The molecule has 0 spiro atoms. The van der Waals surface area contributed by atoms with Crippen molar-refractivity contribution in [2.24, 2.45) is 10.2 Å². The predicted octanol–water partition coefficient (Wildman–Crippen LogP) is 4.73. The van der Waals surface area contributed by atoms with Crippen LogP contribution in [0.4, 0.5) is 5.69 Å². The number of ether oxygens (including phenoxy) is 1. The minimum Gasteiger partial charge on any atom is -0.493 e. The normalized spacial score (nSPS) is 12.5. The number of benzene rings is 2. The fourth-order valence-corrected chi connectivity index (χ4v) is 2.54. The number of hydrogen-bond donors (Lipinski definition) is 2. The van der Waals surface area contributed by atoms with Crippen LogP contribution in [0, 0.1) is 0 Å². The van der Waals surface area contributed by atoms with E-state index in [9.17, 15) is 9.90 Å². The minimum atomic E-state index is -0.705. The molecule has 0 aliphatic carbocycles. The Labute approximate surface area is 145 Å². The Morgan fingerprint density at radius 1 is 1.16 bits per heavy atom. The number of nitrogens with one attached hydrogen (secondary N) is 1. The topological polar surface area (TPSA) is 87.0 Å². The van der Waals surface area contributed by atoms with E-state index in [1.165, 1.54) is 0 Å². The highest BCUT2D eigenvalue weighted by molar-refractivity contribution is 5.94. The zero-order valence-corrected chi connectivity index (χ0v) is 13.8. The van der Waals surface area contributed by atoms with Crippen molar-refractivity contribution in [3.05, 3.63) is 54.6 Å². The Kier molecular flexibility index (Phi) is 5.09. The van der Waals surface area contributed by atoms with Crippen LogP contribution in [-0.2, 0) is 4.79 Å². The summed E-state index contributed by atoms with van der Waals surface area (Å²) in [6, 6.07) is 16.4. The Bertz CT molecular complexity index is 887. The third-order valence-electron chi connectivity index (χ3n) is 3.76. The summed E-state index contributed by atoms with van der Waals surface area (Å²) >= 11 is 0. The molecule has 0 saturated heterocycles. The van der Waals surface area contributed by atoms with E-state index in [-0.39, 0.29) is 11.6 Å². The highest BCUT2D eigenvalue weighted by atomic mass is 16.5. The van der Waals surface area contributed by atoms with Gasteiger partial charge in [0.25, 0.3) is 0 Å². The van der Waals surface area contributed by atoms with Crippen molar-refractivity contribution in [3.8, 4) is 11.6 Å². The summed E-state index contributed by atoms with van der Waals surface area (Å²) in [5.41, 5.74) is 0.978. The molecule has 0 bridgehead atoms. The molecule has 128 valence electrons. The molecule has 3 rings (SSSR count). The van der Waals surface area contributed by atoms with Gasteiger partial charge < -0.3 is 14.8 Å². The number of rotatable bonds is 6. The molecule has 0 fully saturated rings. The molecule has 6 heteroatoms. The number of carbonyl (C=O) groups is 1. The molecular weight excluding hydrogens is 318 g/mol. The molecule has 1 amide bonds. The third-order valence-corrected chi connectivity index (χ3v) is 3.76. The number of azo groups is 1. The predicted molar refractivity (Wildman–Crippen MR) is 95.3 cm³/mol. The summed E-state index contributed by atoms with van der Waals surface area (Å²) in [6.07, 6.45) is 0.604. The van der Waals surface area contributed by atoms with Gasteiger partial charge in [0.1, 0.15) is 5.75 Å². The van der Waals surface area contributed by atoms with Gasteiger partial charge in [0.15, 0.2) is 11.8 Å². The van der Waals surface area contributed by atoms with Crippen molar-refractivity contribution in [3.63, 3.8) is 0 Å². The number of aromatic amines is 1. The van der Waals surface area contributed by atoms with Crippen molar-refractivity contribution < 1.29 is 14.6 Å². The van der Waals surface area contributed by atoms with Crippen LogP contribution in [0.1, 0.15) is 19.8 Å². The van der Waals surface area contributed by atoms with Crippen molar-refractivity contribution in [2.75, 3.05) is 0 Å². The molecule has 0 aliphatic rings. The van der Waals surface area contributed by atoms with Gasteiger partial charge in [-0.3, -0.25) is 4.79 Å². The molecule has 1 unspecified atom stereocenters. The van der Waals surface area contributed by atoms with Crippen LogP contribution >= 0.6 is 0 Å². The maximum Gasteiger partial charge on any atom is 0.305 e. The summed E-state index contributed by atoms with van der Waals surface area (Å²) in [4.78, 5) is 15.2. The first-order valence-corrected chi connectivity index (χ1v) is 8.16. The lowest BCUT2D eigenvalue weighted by Gasteiger charge is -2.14. The molecule has 2 N–H and O–H groups in total. The summed E-state index contributed by atoms with van der Waals surface area (Å²) in [6.45, 7) is 1.97. The lowest BCUT2D eigenvalue weighted by Crippen LogP contribution is -2.25. The number of carbonyl (C=O) groups excluding carboxylic acids is 1. The number of nitrogens with zero attached hydrogens (tertiary/aromatic N) is 2. The molecule has 1 heterocycles. The molecule has 0 radical (unpaired) electrons. The monoisotopic (exact) mass is 337 g/mol. The smallest absolute Gasteiger partial charge is 0.305 e. The average molecular weight is 337 g/mol. The van der Waals surface area contributed by atoms with Crippen LogP contribution in [0.5, 0.6) is 11.6 Å². The Morgan fingerprint density at radius 3 is 2.64 bits per heavy atom. The SMILES string of the molecule is CCCC(Oc1ccccc1)C(=O)N=Nc1c(O)[nH]c2ccccc12. The van der Waals surface area contributed by atoms with E-state index in [0.717, 1.165) is 11.9 Å². The Hall–Kier alpha value is -3.15. The van der Waals surface area contributed by atoms with Crippen LogP contribution in [0.25, 0.3) is 10.9 Å². The van der Waals surface area contributed by atoms with Gasteiger partial charge >= 0.3 is 5.91 Å². The lowest BCUT2D eigenvalue weighted by molar-refractivity contribution is -0.125. The zero-order chi connectivity index (χ0) is 17.6. The summed E-state index contributed by atoms with van der Waals surface area (Å²) in [7, 11) is 0. The van der Waals surface area contributed by atoms with E-state index in [1.54, 1.807) is 18.2 Å². The van der Waals surface area contributed by atoms with Crippen LogP contribution in [0.2, 0.25) is 0 Å². The Morgan fingerprint density at radius 2 is 1.88 bits per heavy atom. The van der Waals surface area contributed by atoms with E-state index < -0.39 is 12.0 Å². The molecular formula is C19H19N3O3. The van der Waals surface area contributed by atoms with Gasteiger partial charge in [-0.25, -0.2) is 0 Å². The van der Waals surface area contributed by atoms with Crippen molar-refractivity contribution in [2.45, 2.75) is 25.9 Å². The summed E-state index contributed by atoms with van der Waals surface area (Å²) < 4.78 is 5.73. The molecule has 0 aliphatic heterocycles. The van der Waals surface area contributed by atoms with Gasteiger partial charge in [0.05, 0.1) is 5.52 Å². The number of hydrogen-bond acceptors (Lipinski definition) is 4. The second-order valence-electron chi connectivity index (χ2n) is 5.61. The standard InChI is InChI=1S/C19H19N3O3/c1-2-8-16(25-13-9-4-3-5-10-13)18(23)22-21-17-14-11-6-7-12-15(14)20-19(17)24/h3-7,9-12,16,20,24H,2,8H2,1H3. The fourth-order valence-electron chi connectivity index (χ4n) is 2.54. The second kappa shape index (κ2) is 7.61. The van der Waals surface area contributed by atoms with Gasteiger partial charge in [-0.15, -0.1) is 10.2 Å². The molecule has 2 aromatic carbocycles. The molecule has 25 heavy (non-hydrogen) atoms. The number of H-pyrrole nitrogens is 1. The number of fused-ring (bicyclic) bond motifs is 1. The summed E-state index contributed by atoms with van der Waals surface area (Å²) in [5, 5.41) is 18.4. The maximum atomic E-state index is 12.4. The number of amides is 1. The highest BCUT2D eigenvalue weighted by Gasteiger charge is 2.20. The van der Waals surface area contributed by atoms with Crippen molar-refractivity contribution in [1.82, 2.24) is 4.98 Å². The third kappa shape index (κ3) is 3.85. The molecule has 0 saturated carbocycles. The van der Waals surface area contributed by atoms with Crippen LogP contribution in [0.3, 0.4) is 0 Å². The van der Waals surface area contributed by atoms with E-state index in [2.05, 4.69) is 15.2 Å². The largest absolute Gasteiger partial charge is 0.493 e. The lowest BCUT2D eigenvalue weighted by atomic mass is 10.2. The molecule has 3 aromatic rings. The van der Waals surface area contributed by atoms with Crippen LogP contribution < -0.4 is 4.74 Å². The van der Waals surface area contributed by atoms with E-state index in [0.29, 0.717) is 17.6 Å². The van der Waals surface area contributed by atoms with Gasteiger partial charge in [-0.1, -0.05) is 49.7 Å². The molecule has 1 atom stereocenters. The van der Waals surface area contributed by atoms with E-state index in [1.807, 2.05) is 43.3 Å². The maximum absolute atomic E-state index is 12.4.